The first-order chi connectivity index (χ1) is 10.1. The zero-order chi connectivity index (χ0) is 14.9. The number of benzene rings is 1. The second-order valence-electron chi connectivity index (χ2n) is 6.31. The van der Waals surface area contributed by atoms with Gasteiger partial charge in [-0.3, -0.25) is 4.79 Å². The molecule has 2 heterocycles. The number of nitrogens with zero attached hydrogens (tertiary/aromatic N) is 1. The number of aromatic hydroxyl groups is 2. The molecular weight excluding hydrogens is 268 g/mol. The number of nitrogens with one attached hydrogen (secondary N) is 1. The first kappa shape index (κ1) is 14.2. The van der Waals surface area contributed by atoms with E-state index in [1.54, 1.807) is 6.07 Å². The van der Waals surface area contributed by atoms with Crippen molar-refractivity contribution in [3.63, 3.8) is 0 Å². The van der Waals surface area contributed by atoms with Gasteiger partial charge in [0, 0.05) is 30.6 Å². The van der Waals surface area contributed by atoms with Crippen LogP contribution in [0.5, 0.6) is 11.5 Å². The fourth-order valence-electron chi connectivity index (χ4n) is 3.60. The molecule has 3 rings (SSSR count). The van der Waals surface area contributed by atoms with Crippen LogP contribution < -0.4 is 5.32 Å². The maximum atomic E-state index is 12.6. The van der Waals surface area contributed by atoms with E-state index >= 15 is 0 Å². The van der Waals surface area contributed by atoms with E-state index in [1.165, 1.54) is 31.4 Å². The number of hydrogen-bond donors (Lipinski definition) is 3. The lowest BCUT2D eigenvalue weighted by Gasteiger charge is -2.45. The zero-order valence-electron chi connectivity index (χ0n) is 12.1. The predicted octanol–water partition coefficient (Wildman–Crippen LogP) is 1.70. The summed E-state index contributed by atoms with van der Waals surface area (Å²) in [7, 11) is 0. The molecule has 2 fully saturated rings. The summed E-state index contributed by atoms with van der Waals surface area (Å²) in [6.07, 6.45) is 4.54. The number of carbonyl (C=O) groups excluding carboxylic acids is 1. The summed E-state index contributed by atoms with van der Waals surface area (Å²) in [5.74, 6) is -0.500. The summed E-state index contributed by atoms with van der Waals surface area (Å²) in [4.78, 5) is 14.5. The van der Waals surface area contributed by atoms with Crippen molar-refractivity contribution in [1.82, 2.24) is 10.2 Å². The molecule has 5 heteroatoms. The summed E-state index contributed by atoms with van der Waals surface area (Å²) in [5.41, 5.74) is 0.650. The number of hydrogen-bond acceptors (Lipinski definition) is 4. The molecule has 2 aliphatic heterocycles. The number of phenols is 2. The molecule has 0 bridgehead atoms. The molecule has 1 atom stereocenters. The van der Waals surface area contributed by atoms with E-state index in [4.69, 9.17) is 0 Å². The zero-order valence-corrected chi connectivity index (χ0v) is 12.1. The maximum absolute atomic E-state index is 12.6. The molecule has 2 saturated heterocycles. The maximum Gasteiger partial charge on any atom is 0.254 e. The Kier molecular flexibility index (Phi) is 3.76. The van der Waals surface area contributed by atoms with Crippen LogP contribution in [0.15, 0.2) is 18.2 Å². The van der Waals surface area contributed by atoms with Crippen molar-refractivity contribution in [3.8, 4) is 11.5 Å². The molecular formula is C16H22N2O3. The quantitative estimate of drug-likeness (QED) is 0.688. The van der Waals surface area contributed by atoms with Gasteiger partial charge in [0.2, 0.25) is 0 Å². The van der Waals surface area contributed by atoms with Crippen LogP contribution in [0.4, 0.5) is 0 Å². The number of piperidine rings is 2. The third-order valence-electron chi connectivity index (χ3n) is 4.73. The average molecular weight is 290 g/mol. The summed E-state index contributed by atoms with van der Waals surface area (Å²) in [6, 6.07) is 4.28. The molecule has 0 saturated carbocycles. The first-order valence-corrected chi connectivity index (χ1v) is 7.62. The third kappa shape index (κ3) is 2.83. The minimum absolute atomic E-state index is 0.0602. The van der Waals surface area contributed by atoms with Crippen molar-refractivity contribution in [3.05, 3.63) is 23.8 Å². The van der Waals surface area contributed by atoms with E-state index in [1.807, 2.05) is 4.90 Å². The number of likely N-dealkylation sites (tertiary alicyclic amines) is 1. The summed E-state index contributed by atoms with van der Waals surface area (Å²) in [6.45, 7) is 3.60. The van der Waals surface area contributed by atoms with Crippen LogP contribution in [-0.4, -0.2) is 47.2 Å². The van der Waals surface area contributed by atoms with E-state index < -0.39 is 0 Å². The first-order valence-electron chi connectivity index (χ1n) is 7.62. The van der Waals surface area contributed by atoms with Crippen LogP contribution in [0.1, 0.15) is 36.0 Å². The molecule has 114 valence electrons. The Morgan fingerprint density at radius 2 is 2.00 bits per heavy atom. The minimum atomic E-state index is -0.244. The molecule has 1 amide bonds. The van der Waals surface area contributed by atoms with Crippen molar-refractivity contribution in [2.45, 2.75) is 25.7 Å². The van der Waals surface area contributed by atoms with Crippen molar-refractivity contribution in [2.75, 3.05) is 26.2 Å². The van der Waals surface area contributed by atoms with E-state index in [9.17, 15) is 15.0 Å². The van der Waals surface area contributed by atoms with Gasteiger partial charge in [0.15, 0.2) is 11.5 Å². The Balaban J connectivity index is 1.76. The highest BCUT2D eigenvalue weighted by Gasteiger charge is 2.38. The number of carbonyl (C=O) groups is 1. The van der Waals surface area contributed by atoms with E-state index in [-0.39, 0.29) is 22.8 Å². The fourth-order valence-corrected chi connectivity index (χ4v) is 3.60. The molecule has 1 aromatic rings. The van der Waals surface area contributed by atoms with Gasteiger partial charge in [-0.2, -0.15) is 0 Å². The second-order valence-corrected chi connectivity index (χ2v) is 6.31. The minimum Gasteiger partial charge on any atom is -0.504 e. The highest BCUT2D eigenvalue weighted by atomic mass is 16.3. The Morgan fingerprint density at radius 1 is 1.19 bits per heavy atom. The SMILES string of the molecule is O=C(c1ccc(O)c(O)c1)N1CCCC2(CCCNC2)C1. The normalized spacial score (nSPS) is 26.0. The Bertz CT molecular complexity index is 533. The standard InChI is InChI=1S/C16H22N2O3/c19-13-4-3-12(9-14(13)20)15(21)18-8-2-6-16(11-18)5-1-7-17-10-16/h3-4,9,17,19-20H,1-2,5-8,10-11H2. The lowest BCUT2D eigenvalue weighted by molar-refractivity contribution is 0.0433. The summed E-state index contributed by atoms with van der Waals surface area (Å²) in [5, 5.41) is 22.4. The Morgan fingerprint density at radius 3 is 2.71 bits per heavy atom. The predicted molar refractivity (Wildman–Crippen MR) is 79.4 cm³/mol. The lowest BCUT2D eigenvalue weighted by Crippen LogP contribution is -2.52. The molecule has 0 aliphatic carbocycles. The van der Waals surface area contributed by atoms with E-state index in [0.717, 1.165) is 32.6 Å². The Labute approximate surface area is 124 Å². The number of amides is 1. The smallest absolute Gasteiger partial charge is 0.254 e. The molecule has 3 N–H and O–H groups in total. The van der Waals surface area contributed by atoms with Gasteiger partial charge in [0.05, 0.1) is 0 Å². The van der Waals surface area contributed by atoms with Crippen molar-refractivity contribution in [2.24, 2.45) is 5.41 Å². The molecule has 0 radical (unpaired) electrons. The Hall–Kier alpha value is -1.75. The fraction of sp³-hybridized carbons (Fsp3) is 0.562. The topological polar surface area (TPSA) is 72.8 Å². The number of rotatable bonds is 1. The molecule has 21 heavy (non-hydrogen) atoms. The van der Waals surface area contributed by atoms with Crippen LogP contribution in [0, 0.1) is 5.41 Å². The van der Waals surface area contributed by atoms with Gasteiger partial charge in [-0.25, -0.2) is 0 Å². The molecule has 5 nitrogen and oxygen atoms in total. The summed E-state index contributed by atoms with van der Waals surface area (Å²) >= 11 is 0. The molecule has 1 spiro atoms. The highest BCUT2D eigenvalue weighted by Crippen LogP contribution is 2.36. The van der Waals surface area contributed by atoms with Crippen LogP contribution in [0.3, 0.4) is 0 Å². The van der Waals surface area contributed by atoms with Crippen LogP contribution in [0.25, 0.3) is 0 Å². The molecule has 0 aromatic heterocycles. The van der Waals surface area contributed by atoms with Crippen molar-refractivity contribution < 1.29 is 15.0 Å². The second kappa shape index (κ2) is 5.56. The van der Waals surface area contributed by atoms with Crippen molar-refractivity contribution in [1.29, 1.82) is 0 Å². The van der Waals surface area contributed by atoms with Gasteiger partial charge >= 0.3 is 0 Å². The van der Waals surface area contributed by atoms with Crippen LogP contribution >= 0.6 is 0 Å². The van der Waals surface area contributed by atoms with Crippen LogP contribution in [-0.2, 0) is 0 Å². The summed E-state index contributed by atoms with van der Waals surface area (Å²) < 4.78 is 0. The van der Waals surface area contributed by atoms with Gasteiger partial charge in [0.1, 0.15) is 0 Å². The average Bonchev–Trinajstić information content (AvgIpc) is 2.50. The van der Waals surface area contributed by atoms with Gasteiger partial charge in [-0.1, -0.05) is 0 Å². The van der Waals surface area contributed by atoms with E-state index in [2.05, 4.69) is 5.32 Å². The third-order valence-corrected chi connectivity index (χ3v) is 4.73. The van der Waals surface area contributed by atoms with Crippen LogP contribution in [0.2, 0.25) is 0 Å². The van der Waals surface area contributed by atoms with Gasteiger partial charge in [-0.15, -0.1) is 0 Å². The molecule has 1 unspecified atom stereocenters. The van der Waals surface area contributed by atoms with Gasteiger partial charge in [-0.05, 0) is 50.4 Å². The molecule has 1 aromatic carbocycles. The van der Waals surface area contributed by atoms with Crippen molar-refractivity contribution >= 4 is 5.91 Å². The highest BCUT2D eigenvalue weighted by molar-refractivity contribution is 5.95. The van der Waals surface area contributed by atoms with Gasteiger partial charge < -0.3 is 20.4 Å². The molecule has 2 aliphatic rings. The van der Waals surface area contributed by atoms with E-state index in [0.29, 0.717) is 5.56 Å². The van der Waals surface area contributed by atoms with Gasteiger partial charge in [0.25, 0.3) is 5.91 Å². The monoisotopic (exact) mass is 290 g/mol. The number of phenolic OH excluding ortho intramolecular Hbond substituents is 2. The largest absolute Gasteiger partial charge is 0.504 e. The lowest BCUT2D eigenvalue weighted by atomic mass is 9.74.